The van der Waals surface area contributed by atoms with Crippen LogP contribution >= 0.6 is 23.2 Å². The first kappa shape index (κ1) is 16.1. The Morgan fingerprint density at radius 3 is 2.45 bits per heavy atom. The maximum Gasteiger partial charge on any atom is 0.0879 e. The minimum Gasteiger partial charge on any atom is -0.381 e. The molecule has 2 rings (SSSR count). The number of nitrogens with two attached hydrogens (primary N) is 1. The van der Waals surface area contributed by atoms with E-state index in [2.05, 4.69) is 0 Å². The Balaban J connectivity index is 2.18. The second-order valence-corrected chi connectivity index (χ2v) is 5.94. The summed E-state index contributed by atoms with van der Waals surface area (Å²) in [4.78, 5) is 0. The topological polar surface area (TPSA) is 44.5 Å². The summed E-state index contributed by atoms with van der Waals surface area (Å²) in [5.74, 6) is 0. The largest absolute Gasteiger partial charge is 0.381 e. The number of hydrogen-bond acceptors (Lipinski definition) is 3. The number of halogens is 2. The zero-order valence-corrected chi connectivity index (χ0v) is 13.2. The van der Waals surface area contributed by atoms with E-state index in [1.165, 1.54) is 0 Å². The molecule has 5 heteroatoms. The van der Waals surface area contributed by atoms with Crippen molar-refractivity contribution >= 4 is 23.2 Å². The van der Waals surface area contributed by atoms with Crippen molar-refractivity contribution in [1.29, 1.82) is 0 Å². The molecule has 3 nitrogen and oxygen atoms in total. The van der Waals surface area contributed by atoms with E-state index in [0.717, 1.165) is 18.4 Å². The molecule has 0 spiro atoms. The van der Waals surface area contributed by atoms with E-state index in [1.54, 1.807) is 0 Å². The highest BCUT2D eigenvalue weighted by atomic mass is 35.5. The predicted molar refractivity (Wildman–Crippen MR) is 82.6 cm³/mol. The Hall–Kier alpha value is -0.320. The van der Waals surface area contributed by atoms with Gasteiger partial charge in [0.05, 0.1) is 5.60 Å². The molecule has 2 N–H and O–H groups in total. The van der Waals surface area contributed by atoms with E-state index >= 15 is 0 Å². The molecule has 1 saturated heterocycles. The fourth-order valence-electron chi connectivity index (χ4n) is 2.76. The van der Waals surface area contributed by atoms with E-state index in [9.17, 15) is 0 Å². The van der Waals surface area contributed by atoms with E-state index in [4.69, 9.17) is 38.4 Å². The maximum atomic E-state index is 6.44. The summed E-state index contributed by atoms with van der Waals surface area (Å²) in [6.07, 6.45) is 2.23. The Labute approximate surface area is 130 Å². The summed E-state index contributed by atoms with van der Waals surface area (Å²) >= 11 is 12.5. The Kier molecular flexibility index (Phi) is 5.70. The van der Waals surface area contributed by atoms with Crippen LogP contribution in [0.25, 0.3) is 0 Å². The number of benzene rings is 1. The molecule has 112 valence electrons. The summed E-state index contributed by atoms with van der Waals surface area (Å²) in [5.41, 5.74) is 7.00. The van der Waals surface area contributed by atoms with E-state index < -0.39 is 0 Å². The molecule has 1 unspecified atom stereocenters. The van der Waals surface area contributed by atoms with Crippen LogP contribution in [0.1, 0.15) is 25.3 Å². The quantitative estimate of drug-likeness (QED) is 0.904. The van der Waals surface area contributed by atoms with Crippen LogP contribution in [-0.4, -0.2) is 31.5 Å². The third kappa shape index (κ3) is 3.46. The SMILES string of the molecule is CCOC1(C(N)Cc2c(Cl)cccc2Cl)CCOCC1. The summed E-state index contributed by atoms with van der Waals surface area (Å²) in [6.45, 7) is 4.00. The summed E-state index contributed by atoms with van der Waals surface area (Å²) < 4.78 is 11.4. The third-order valence-corrected chi connectivity index (χ3v) is 4.64. The van der Waals surface area contributed by atoms with Crippen LogP contribution in [0, 0.1) is 0 Å². The smallest absolute Gasteiger partial charge is 0.0879 e. The van der Waals surface area contributed by atoms with Crippen molar-refractivity contribution in [2.75, 3.05) is 19.8 Å². The van der Waals surface area contributed by atoms with Gasteiger partial charge in [-0.05, 0) is 31.0 Å². The Morgan fingerprint density at radius 2 is 1.90 bits per heavy atom. The molecule has 0 aromatic heterocycles. The predicted octanol–water partition coefficient (Wildman–Crippen LogP) is 3.45. The van der Waals surface area contributed by atoms with Crippen LogP contribution in [0.3, 0.4) is 0 Å². The van der Waals surface area contributed by atoms with Crippen molar-refractivity contribution in [2.45, 2.75) is 37.8 Å². The Bertz CT molecular complexity index is 422. The lowest BCUT2D eigenvalue weighted by Crippen LogP contribution is -2.54. The monoisotopic (exact) mass is 317 g/mol. The van der Waals surface area contributed by atoms with E-state index in [1.807, 2.05) is 25.1 Å². The molecule has 0 bridgehead atoms. The molecule has 0 saturated carbocycles. The first-order chi connectivity index (χ1) is 9.59. The number of rotatable bonds is 5. The molecular formula is C15H21Cl2NO2. The van der Waals surface area contributed by atoms with E-state index in [-0.39, 0.29) is 11.6 Å². The molecule has 1 aromatic carbocycles. The van der Waals surface area contributed by atoms with Gasteiger partial charge in [0.15, 0.2) is 0 Å². The molecule has 1 atom stereocenters. The molecule has 1 aliphatic heterocycles. The van der Waals surface area contributed by atoms with Gasteiger partial charge >= 0.3 is 0 Å². The highest BCUT2D eigenvalue weighted by Crippen LogP contribution is 2.33. The van der Waals surface area contributed by atoms with Gasteiger partial charge in [0, 0.05) is 48.7 Å². The lowest BCUT2D eigenvalue weighted by molar-refractivity contribution is -0.120. The summed E-state index contributed by atoms with van der Waals surface area (Å²) in [5, 5.41) is 1.32. The van der Waals surface area contributed by atoms with Gasteiger partial charge in [-0.15, -0.1) is 0 Å². The van der Waals surface area contributed by atoms with Gasteiger partial charge in [0.25, 0.3) is 0 Å². The van der Waals surface area contributed by atoms with Gasteiger partial charge in [0.2, 0.25) is 0 Å². The normalized spacial score (nSPS) is 19.8. The number of ether oxygens (including phenoxy) is 2. The van der Waals surface area contributed by atoms with Crippen molar-refractivity contribution in [3.05, 3.63) is 33.8 Å². The van der Waals surface area contributed by atoms with Gasteiger partial charge in [-0.25, -0.2) is 0 Å². The first-order valence-corrected chi connectivity index (χ1v) is 7.75. The van der Waals surface area contributed by atoms with Gasteiger partial charge in [-0.3, -0.25) is 0 Å². The molecule has 20 heavy (non-hydrogen) atoms. The lowest BCUT2D eigenvalue weighted by atomic mass is 9.83. The van der Waals surface area contributed by atoms with Crippen LogP contribution in [0.5, 0.6) is 0 Å². The maximum absolute atomic E-state index is 6.44. The summed E-state index contributed by atoms with van der Waals surface area (Å²) in [7, 11) is 0. The third-order valence-electron chi connectivity index (χ3n) is 3.93. The Morgan fingerprint density at radius 1 is 1.30 bits per heavy atom. The minimum atomic E-state index is -0.338. The first-order valence-electron chi connectivity index (χ1n) is 6.99. The van der Waals surface area contributed by atoms with Gasteiger partial charge in [-0.1, -0.05) is 29.3 Å². The highest BCUT2D eigenvalue weighted by molar-refractivity contribution is 6.36. The molecule has 1 heterocycles. The van der Waals surface area contributed by atoms with Crippen LogP contribution < -0.4 is 5.73 Å². The van der Waals surface area contributed by atoms with Crippen molar-refractivity contribution < 1.29 is 9.47 Å². The zero-order chi connectivity index (χ0) is 14.6. The van der Waals surface area contributed by atoms with Crippen molar-refractivity contribution in [2.24, 2.45) is 5.73 Å². The van der Waals surface area contributed by atoms with Gasteiger partial charge in [-0.2, -0.15) is 0 Å². The number of hydrogen-bond donors (Lipinski definition) is 1. The molecule has 0 radical (unpaired) electrons. The fourth-order valence-corrected chi connectivity index (χ4v) is 3.31. The van der Waals surface area contributed by atoms with Crippen LogP contribution in [0.2, 0.25) is 10.0 Å². The lowest BCUT2D eigenvalue weighted by Gasteiger charge is -2.41. The van der Waals surface area contributed by atoms with E-state index in [0.29, 0.717) is 36.3 Å². The summed E-state index contributed by atoms with van der Waals surface area (Å²) in [6, 6.07) is 5.37. The molecular weight excluding hydrogens is 297 g/mol. The second kappa shape index (κ2) is 7.10. The standard InChI is InChI=1S/C15H21Cl2NO2/c1-2-20-15(6-8-19-9-7-15)14(18)10-11-12(16)4-3-5-13(11)17/h3-5,14H,2,6-10,18H2,1H3. The van der Waals surface area contributed by atoms with Crippen molar-refractivity contribution in [1.82, 2.24) is 0 Å². The minimum absolute atomic E-state index is 0.149. The zero-order valence-electron chi connectivity index (χ0n) is 11.7. The van der Waals surface area contributed by atoms with Crippen LogP contribution in [-0.2, 0) is 15.9 Å². The molecule has 0 aliphatic carbocycles. The van der Waals surface area contributed by atoms with Crippen LogP contribution in [0.15, 0.2) is 18.2 Å². The molecule has 1 fully saturated rings. The van der Waals surface area contributed by atoms with Gasteiger partial charge < -0.3 is 15.2 Å². The average Bonchev–Trinajstić information content (AvgIpc) is 2.44. The average molecular weight is 318 g/mol. The van der Waals surface area contributed by atoms with Crippen molar-refractivity contribution in [3.8, 4) is 0 Å². The fraction of sp³-hybridized carbons (Fsp3) is 0.600. The van der Waals surface area contributed by atoms with Crippen LogP contribution in [0.4, 0.5) is 0 Å². The molecule has 0 amide bonds. The van der Waals surface area contributed by atoms with Gasteiger partial charge in [0.1, 0.15) is 0 Å². The molecule has 1 aliphatic rings. The highest BCUT2D eigenvalue weighted by Gasteiger charge is 2.39. The molecule has 1 aromatic rings. The van der Waals surface area contributed by atoms with Crippen molar-refractivity contribution in [3.63, 3.8) is 0 Å². The second-order valence-electron chi connectivity index (χ2n) is 5.12.